The predicted octanol–water partition coefficient (Wildman–Crippen LogP) is 2.00. The molecule has 0 aliphatic carbocycles. The van der Waals surface area contributed by atoms with Crippen LogP contribution in [-0.4, -0.2) is 22.0 Å². The van der Waals surface area contributed by atoms with Crippen LogP contribution in [0, 0.1) is 6.92 Å². The predicted molar refractivity (Wildman–Crippen MR) is 59.8 cm³/mol. The van der Waals surface area contributed by atoms with Crippen molar-refractivity contribution in [2.24, 2.45) is 12.8 Å². The third kappa shape index (κ3) is 2.49. The summed E-state index contributed by atoms with van der Waals surface area (Å²) in [5.74, 6) is 0. The molecule has 0 radical (unpaired) electrons. The zero-order valence-corrected chi connectivity index (χ0v) is 10.1. The van der Waals surface area contributed by atoms with Crippen molar-refractivity contribution in [1.29, 1.82) is 0 Å². The molecule has 0 amide bonds. The molecule has 0 aromatic carbocycles. The maximum atomic E-state index is 14.1. The highest BCUT2D eigenvalue weighted by atomic mass is 35.5. The first-order valence-corrected chi connectivity index (χ1v) is 5.38. The van der Waals surface area contributed by atoms with Gasteiger partial charge in [0, 0.05) is 20.0 Å². The molecule has 1 atom stereocenters. The van der Waals surface area contributed by atoms with Gasteiger partial charge >= 0.3 is 0 Å². The van der Waals surface area contributed by atoms with Crippen LogP contribution in [0.1, 0.15) is 24.7 Å². The molecule has 1 unspecified atom stereocenters. The minimum absolute atomic E-state index is 0.00402. The standard InChI is InChI=1S/C10H17ClFN3/c1-4-10(12,6-13)5-8-9(11)7(2)14-15(8)3/h4-6,13H2,1-3H3. The fraction of sp³-hybridized carbons (Fsp3) is 0.700. The van der Waals surface area contributed by atoms with Crippen LogP contribution >= 0.6 is 11.6 Å². The van der Waals surface area contributed by atoms with Crippen molar-refractivity contribution in [3.8, 4) is 0 Å². The van der Waals surface area contributed by atoms with E-state index in [0.717, 1.165) is 5.69 Å². The normalized spacial score (nSPS) is 15.3. The summed E-state index contributed by atoms with van der Waals surface area (Å²) in [7, 11) is 1.76. The molecule has 1 heterocycles. The Morgan fingerprint density at radius 2 is 2.20 bits per heavy atom. The summed E-state index contributed by atoms with van der Waals surface area (Å²) in [4.78, 5) is 0. The number of hydrogen-bond acceptors (Lipinski definition) is 2. The second-order valence-electron chi connectivity index (χ2n) is 3.86. The minimum atomic E-state index is -1.39. The Morgan fingerprint density at radius 1 is 1.60 bits per heavy atom. The lowest BCUT2D eigenvalue weighted by molar-refractivity contribution is 0.164. The molecular formula is C10H17ClFN3. The number of alkyl halides is 1. The van der Waals surface area contributed by atoms with Gasteiger partial charge in [0.25, 0.3) is 0 Å². The Bertz CT molecular complexity index is 345. The van der Waals surface area contributed by atoms with Crippen molar-refractivity contribution < 1.29 is 4.39 Å². The number of halogens is 2. The lowest BCUT2D eigenvalue weighted by Crippen LogP contribution is -2.35. The molecule has 15 heavy (non-hydrogen) atoms. The second-order valence-corrected chi connectivity index (χ2v) is 4.23. The van der Waals surface area contributed by atoms with E-state index in [-0.39, 0.29) is 13.0 Å². The fourth-order valence-electron chi connectivity index (χ4n) is 1.51. The summed E-state index contributed by atoms with van der Waals surface area (Å²) in [5.41, 5.74) is 5.48. The van der Waals surface area contributed by atoms with Crippen molar-refractivity contribution >= 4 is 11.6 Å². The van der Waals surface area contributed by atoms with Crippen LogP contribution in [0.25, 0.3) is 0 Å². The average molecular weight is 234 g/mol. The van der Waals surface area contributed by atoms with E-state index >= 15 is 0 Å². The van der Waals surface area contributed by atoms with Crippen molar-refractivity contribution in [2.75, 3.05) is 6.54 Å². The monoisotopic (exact) mass is 233 g/mol. The number of nitrogens with zero attached hydrogens (tertiary/aromatic N) is 2. The Labute approximate surface area is 94.4 Å². The second kappa shape index (κ2) is 4.49. The van der Waals surface area contributed by atoms with E-state index in [0.29, 0.717) is 17.1 Å². The van der Waals surface area contributed by atoms with Gasteiger partial charge in [0.15, 0.2) is 0 Å². The molecule has 3 nitrogen and oxygen atoms in total. The van der Waals surface area contributed by atoms with Gasteiger partial charge in [-0.1, -0.05) is 18.5 Å². The summed E-state index contributed by atoms with van der Waals surface area (Å²) < 4.78 is 15.7. The van der Waals surface area contributed by atoms with Gasteiger partial charge in [0.2, 0.25) is 0 Å². The third-order valence-electron chi connectivity index (χ3n) is 2.75. The van der Waals surface area contributed by atoms with E-state index in [1.54, 1.807) is 25.6 Å². The quantitative estimate of drug-likeness (QED) is 0.865. The van der Waals surface area contributed by atoms with Gasteiger partial charge in [0.1, 0.15) is 5.67 Å². The van der Waals surface area contributed by atoms with Gasteiger partial charge in [-0.2, -0.15) is 5.10 Å². The average Bonchev–Trinajstić information content (AvgIpc) is 2.45. The molecule has 0 aliphatic rings. The first kappa shape index (κ1) is 12.5. The molecule has 1 rings (SSSR count). The van der Waals surface area contributed by atoms with Gasteiger partial charge in [-0.25, -0.2) is 4.39 Å². The minimum Gasteiger partial charge on any atom is -0.328 e. The van der Waals surface area contributed by atoms with Crippen molar-refractivity contribution in [2.45, 2.75) is 32.4 Å². The molecular weight excluding hydrogens is 217 g/mol. The summed E-state index contributed by atoms with van der Waals surface area (Å²) in [6.07, 6.45) is 0.597. The molecule has 0 fully saturated rings. The summed E-state index contributed by atoms with van der Waals surface area (Å²) >= 11 is 6.04. The molecule has 0 aliphatic heterocycles. The molecule has 86 valence electrons. The summed E-state index contributed by atoms with van der Waals surface area (Å²) in [6.45, 7) is 3.59. The number of aromatic nitrogens is 2. The van der Waals surface area contributed by atoms with Crippen LogP contribution < -0.4 is 5.73 Å². The van der Waals surface area contributed by atoms with Gasteiger partial charge < -0.3 is 5.73 Å². The zero-order valence-electron chi connectivity index (χ0n) is 9.35. The van der Waals surface area contributed by atoms with Crippen LogP contribution in [0.3, 0.4) is 0 Å². The van der Waals surface area contributed by atoms with E-state index < -0.39 is 5.67 Å². The van der Waals surface area contributed by atoms with E-state index in [2.05, 4.69) is 5.10 Å². The van der Waals surface area contributed by atoms with E-state index in [9.17, 15) is 4.39 Å². The van der Waals surface area contributed by atoms with E-state index in [1.807, 2.05) is 0 Å². The number of hydrogen-bond donors (Lipinski definition) is 1. The van der Waals surface area contributed by atoms with Gasteiger partial charge in [-0.3, -0.25) is 4.68 Å². The highest BCUT2D eigenvalue weighted by Crippen LogP contribution is 2.27. The molecule has 0 saturated heterocycles. The van der Waals surface area contributed by atoms with E-state index in [4.69, 9.17) is 17.3 Å². The smallest absolute Gasteiger partial charge is 0.128 e. The lowest BCUT2D eigenvalue weighted by Gasteiger charge is -2.21. The van der Waals surface area contributed by atoms with Crippen LogP contribution in [0.2, 0.25) is 5.02 Å². The van der Waals surface area contributed by atoms with Crippen LogP contribution in [0.5, 0.6) is 0 Å². The summed E-state index contributed by atoms with van der Waals surface area (Å²) in [6, 6.07) is 0. The number of rotatable bonds is 4. The molecule has 1 aromatic rings. The third-order valence-corrected chi connectivity index (χ3v) is 3.24. The molecule has 5 heteroatoms. The first-order chi connectivity index (χ1) is 6.93. The van der Waals surface area contributed by atoms with Crippen molar-refractivity contribution in [3.05, 3.63) is 16.4 Å². The molecule has 0 saturated carbocycles. The van der Waals surface area contributed by atoms with Gasteiger partial charge in [-0.15, -0.1) is 0 Å². The Morgan fingerprint density at radius 3 is 2.53 bits per heavy atom. The highest BCUT2D eigenvalue weighted by molar-refractivity contribution is 6.31. The van der Waals surface area contributed by atoms with Crippen molar-refractivity contribution in [3.63, 3.8) is 0 Å². The Kier molecular flexibility index (Phi) is 3.73. The SMILES string of the molecule is CCC(F)(CN)Cc1c(Cl)c(C)nn1C. The maximum Gasteiger partial charge on any atom is 0.128 e. The first-order valence-electron chi connectivity index (χ1n) is 5.00. The van der Waals surface area contributed by atoms with Gasteiger partial charge in [0.05, 0.1) is 16.4 Å². The van der Waals surface area contributed by atoms with Gasteiger partial charge in [-0.05, 0) is 13.3 Å². The maximum absolute atomic E-state index is 14.1. The fourth-order valence-corrected chi connectivity index (χ4v) is 1.74. The van der Waals surface area contributed by atoms with Crippen LogP contribution in [-0.2, 0) is 13.5 Å². The Hall–Kier alpha value is -0.610. The summed E-state index contributed by atoms with van der Waals surface area (Å²) in [5, 5.41) is 4.68. The van der Waals surface area contributed by atoms with Crippen LogP contribution in [0.4, 0.5) is 4.39 Å². The van der Waals surface area contributed by atoms with Crippen molar-refractivity contribution in [1.82, 2.24) is 9.78 Å². The highest BCUT2D eigenvalue weighted by Gasteiger charge is 2.29. The van der Waals surface area contributed by atoms with E-state index in [1.165, 1.54) is 0 Å². The molecule has 2 N–H and O–H groups in total. The molecule has 1 aromatic heterocycles. The molecule has 0 bridgehead atoms. The number of aryl methyl sites for hydroxylation is 2. The number of nitrogens with two attached hydrogens (primary N) is 1. The molecule has 0 spiro atoms. The topological polar surface area (TPSA) is 43.8 Å². The lowest BCUT2D eigenvalue weighted by atomic mass is 9.96. The van der Waals surface area contributed by atoms with Crippen LogP contribution in [0.15, 0.2) is 0 Å². The Balaban J connectivity index is 2.98. The largest absolute Gasteiger partial charge is 0.328 e. The zero-order chi connectivity index (χ0) is 11.6.